The van der Waals surface area contributed by atoms with E-state index in [0.29, 0.717) is 19.5 Å². The van der Waals surface area contributed by atoms with Crippen LogP contribution in [0.2, 0.25) is 5.02 Å². The van der Waals surface area contributed by atoms with Crippen molar-refractivity contribution in [1.29, 1.82) is 0 Å². The Balaban J connectivity index is 1.29. The van der Waals surface area contributed by atoms with Crippen molar-refractivity contribution in [1.82, 2.24) is 14.7 Å². The monoisotopic (exact) mass is 440 g/mol. The van der Waals surface area contributed by atoms with Crippen LogP contribution < -0.4 is 10.2 Å². The van der Waals surface area contributed by atoms with E-state index in [1.165, 1.54) is 17.1 Å². The van der Waals surface area contributed by atoms with E-state index in [2.05, 4.69) is 26.7 Å². The number of hydrogen-bond donors (Lipinski definition) is 1. The van der Waals surface area contributed by atoms with Gasteiger partial charge in [0.1, 0.15) is 5.82 Å². The lowest BCUT2D eigenvalue weighted by atomic mass is 9.97. The summed E-state index contributed by atoms with van der Waals surface area (Å²) in [5.41, 5.74) is 2.38. The van der Waals surface area contributed by atoms with E-state index in [-0.39, 0.29) is 11.8 Å². The average molecular weight is 441 g/mol. The molecule has 1 aliphatic heterocycles. The maximum atomic E-state index is 12.7. The molecule has 2 aromatic carbocycles. The van der Waals surface area contributed by atoms with Crippen LogP contribution in [-0.4, -0.2) is 34.9 Å². The Kier molecular flexibility index (Phi) is 6.97. The van der Waals surface area contributed by atoms with Crippen LogP contribution in [0.3, 0.4) is 0 Å². The molecule has 0 radical (unpaired) electrons. The van der Waals surface area contributed by atoms with Crippen molar-refractivity contribution in [3.8, 4) is 0 Å². The van der Waals surface area contributed by atoms with Crippen LogP contribution in [0.15, 0.2) is 54.6 Å². The van der Waals surface area contributed by atoms with Gasteiger partial charge < -0.3 is 10.2 Å². The number of piperidine rings is 1. The van der Waals surface area contributed by atoms with Gasteiger partial charge in [0, 0.05) is 42.6 Å². The van der Waals surface area contributed by atoms with E-state index in [1.807, 2.05) is 42.5 Å². The average Bonchev–Trinajstić information content (AvgIpc) is 3.25. The van der Waals surface area contributed by atoms with Gasteiger partial charge >= 0.3 is 0 Å². The molecule has 1 aliphatic rings. The lowest BCUT2D eigenvalue weighted by Gasteiger charge is -2.31. The number of carbonyl (C=O) groups excluding carboxylic acids is 1. The first-order valence-corrected chi connectivity index (χ1v) is 11.5. The fourth-order valence-electron chi connectivity index (χ4n) is 3.71. The molecule has 156 valence electrons. The highest BCUT2D eigenvalue weighted by Gasteiger charge is 2.27. The summed E-state index contributed by atoms with van der Waals surface area (Å²) in [6, 6.07) is 18.0. The summed E-state index contributed by atoms with van der Waals surface area (Å²) in [4.78, 5) is 19.6. The third-order valence-corrected chi connectivity index (χ3v) is 6.42. The van der Waals surface area contributed by atoms with Crippen LogP contribution in [0.25, 0.3) is 0 Å². The van der Waals surface area contributed by atoms with E-state index in [1.54, 1.807) is 0 Å². The molecule has 30 heavy (non-hydrogen) atoms. The molecule has 1 fully saturated rings. The van der Waals surface area contributed by atoms with E-state index in [9.17, 15) is 4.79 Å². The zero-order valence-corrected chi connectivity index (χ0v) is 18.3. The first kappa shape index (κ1) is 20.8. The second-order valence-corrected chi connectivity index (χ2v) is 8.77. The second-order valence-electron chi connectivity index (χ2n) is 7.61. The molecular weight excluding hydrogens is 416 g/mol. The number of halogens is 1. The van der Waals surface area contributed by atoms with Crippen molar-refractivity contribution in [3.05, 3.63) is 76.6 Å². The predicted molar refractivity (Wildman–Crippen MR) is 122 cm³/mol. The molecule has 1 unspecified atom stereocenters. The summed E-state index contributed by atoms with van der Waals surface area (Å²) in [6.07, 6.45) is 3.45. The topological polar surface area (TPSA) is 58.1 Å². The molecule has 4 rings (SSSR count). The fourth-order valence-corrected chi connectivity index (χ4v) is 4.56. The Morgan fingerprint density at radius 1 is 1.13 bits per heavy atom. The van der Waals surface area contributed by atoms with Gasteiger partial charge in [-0.15, -0.1) is 0 Å². The summed E-state index contributed by atoms with van der Waals surface area (Å²) >= 11 is 7.37. The number of benzene rings is 2. The van der Waals surface area contributed by atoms with Crippen LogP contribution in [0.1, 0.15) is 29.8 Å². The second kappa shape index (κ2) is 10.0. The van der Waals surface area contributed by atoms with Gasteiger partial charge in [0.25, 0.3) is 0 Å². The number of nitrogens with zero attached hydrogens (tertiary/aromatic N) is 3. The minimum Gasteiger partial charge on any atom is -0.355 e. The number of rotatable bonds is 7. The molecule has 3 aromatic rings. The number of hydrogen-bond acceptors (Lipinski definition) is 5. The first-order valence-electron chi connectivity index (χ1n) is 10.3. The van der Waals surface area contributed by atoms with Gasteiger partial charge in [-0.25, -0.2) is 4.98 Å². The molecule has 5 nitrogen and oxygen atoms in total. The Hall–Kier alpha value is -2.44. The Labute approximate surface area is 186 Å². The molecule has 0 bridgehead atoms. The third kappa shape index (κ3) is 5.58. The predicted octanol–water partition coefficient (Wildman–Crippen LogP) is 4.36. The number of aromatic nitrogens is 2. The molecule has 0 spiro atoms. The smallest absolute Gasteiger partial charge is 0.224 e. The molecule has 2 heterocycles. The lowest BCUT2D eigenvalue weighted by molar-refractivity contribution is -0.125. The number of anilines is 1. The normalized spacial score (nSPS) is 16.4. The van der Waals surface area contributed by atoms with Gasteiger partial charge in [-0.1, -0.05) is 54.1 Å². The van der Waals surface area contributed by atoms with E-state index >= 15 is 0 Å². The Morgan fingerprint density at radius 3 is 2.73 bits per heavy atom. The number of carbonyl (C=O) groups is 1. The van der Waals surface area contributed by atoms with Crippen molar-refractivity contribution in [2.24, 2.45) is 5.92 Å². The van der Waals surface area contributed by atoms with Crippen molar-refractivity contribution in [2.45, 2.75) is 25.7 Å². The summed E-state index contributed by atoms with van der Waals surface area (Å²) in [6.45, 7) is 2.29. The maximum absolute atomic E-state index is 12.7. The molecular formula is C23H25ClN4OS. The summed E-state index contributed by atoms with van der Waals surface area (Å²) < 4.78 is 4.52. The number of nitrogens with one attached hydrogen (secondary N) is 1. The molecule has 1 saturated heterocycles. The van der Waals surface area contributed by atoms with Gasteiger partial charge in [-0.05, 0) is 42.5 Å². The van der Waals surface area contributed by atoms with Gasteiger partial charge in [0.05, 0.1) is 5.92 Å². The lowest BCUT2D eigenvalue weighted by Crippen LogP contribution is -2.43. The molecule has 1 aromatic heterocycles. The molecule has 0 saturated carbocycles. The first-order chi connectivity index (χ1) is 14.7. The molecule has 7 heteroatoms. The zero-order chi connectivity index (χ0) is 20.8. The quantitative estimate of drug-likeness (QED) is 0.593. The van der Waals surface area contributed by atoms with Gasteiger partial charge in [-0.3, -0.25) is 4.79 Å². The van der Waals surface area contributed by atoms with Crippen molar-refractivity contribution in [3.63, 3.8) is 0 Å². The summed E-state index contributed by atoms with van der Waals surface area (Å²) in [5, 5.41) is 4.74. The highest BCUT2D eigenvalue weighted by atomic mass is 35.5. The summed E-state index contributed by atoms with van der Waals surface area (Å²) in [7, 11) is 0. The SMILES string of the molecule is O=C(NCCc1ccccc1)C1CCCN(c2nc(Cc3ccc(Cl)cc3)ns2)C1. The minimum atomic E-state index is -0.00172. The Bertz CT molecular complexity index is 961. The highest BCUT2D eigenvalue weighted by molar-refractivity contribution is 7.09. The molecule has 1 amide bonds. The maximum Gasteiger partial charge on any atom is 0.224 e. The molecule has 1 atom stereocenters. The van der Waals surface area contributed by atoms with Gasteiger partial charge in [0.2, 0.25) is 11.0 Å². The van der Waals surface area contributed by atoms with Crippen molar-refractivity contribution in [2.75, 3.05) is 24.5 Å². The summed E-state index contributed by atoms with van der Waals surface area (Å²) in [5.74, 6) is 0.950. The fraction of sp³-hybridized carbons (Fsp3) is 0.348. The van der Waals surface area contributed by atoms with Crippen LogP contribution in [-0.2, 0) is 17.6 Å². The molecule has 1 N–H and O–H groups in total. The minimum absolute atomic E-state index is 0.00172. The van der Waals surface area contributed by atoms with Crippen molar-refractivity contribution < 1.29 is 4.79 Å². The number of amides is 1. The Morgan fingerprint density at radius 2 is 1.93 bits per heavy atom. The standard InChI is InChI=1S/C23H25ClN4OS/c24-20-10-8-18(9-11-20)15-21-26-23(30-27-21)28-14-4-7-19(16-28)22(29)25-13-12-17-5-2-1-3-6-17/h1-3,5-6,8-11,19H,4,7,12-16H2,(H,25,29). The van der Waals surface area contributed by atoms with Crippen LogP contribution in [0.4, 0.5) is 5.13 Å². The largest absolute Gasteiger partial charge is 0.355 e. The zero-order valence-electron chi connectivity index (χ0n) is 16.8. The van der Waals surface area contributed by atoms with Crippen LogP contribution in [0, 0.1) is 5.92 Å². The highest BCUT2D eigenvalue weighted by Crippen LogP contribution is 2.25. The van der Waals surface area contributed by atoms with Crippen molar-refractivity contribution >= 4 is 34.2 Å². The van der Waals surface area contributed by atoms with Crippen LogP contribution in [0.5, 0.6) is 0 Å². The van der Waals surface area contributed by atoms with Crippen LogP contribution >= 0.6 is 23.1 Å². The van der Waals surface area contributed by atoms with Gasteiger partial charge in [-0.2, -0.15) is 4.37 Å². The third-order valence-electron chi connectivity index (χ3n) is 5.35. The van der Waals surface area contributed by atoms with Gasteiger partial charge in [0.15, 0.2) is 0 Å². The van der Waals surface area contributed by atoms with E-state index < -0.39 is 0 Å². The molecule has 0 aliphatic carbocycles. The van der Waals surface area contributed by atoms with E-state index in [0.717, 1.165) is 47.3 Å². The van der Waals surface area contributed by atoms with E-state index in [4.69, 9.17) is 16.6 Å².